The highest BCUT2D eigenvalue weighted by Gasteiger charge is 2.11. The van der Waals surface area contributed by atoms with E-state index in [-0.39, 0.29) is 18.0 Å². The third-order valence-corrected chi connectivity index (χ3v) is 4.90. The molecule has 26 heavy (non-hydrogen) atoms. The molecule has 1 rings (SSSR count). The lowest BCUT2D eigenvalue weighted by Crippen LogP contribution is -2.38. The molecule has 0 radical (unpaired) electrons. The highest BCUT2D eigenvalue weighted by Crippen LogP contribution is 2.24. The Morgan fingerprint density at radius 2 is 2.04 bits per heavy atom. The fourth-order valence-corrected chi connectivity index (χ4v) is 2.78. The monoisotopic (exact) mass is 412 g/mol. The number of benzene rings is 1. The van der Waals surface area contributed by atoms with Crippen molar-refractivity contribution >= 4 is 27.6 Å². The van der Waals surface area contributed by atoms with Gasteiger partial charge in [0, 0.05) is 37.3 Å². The van der Waals surface area contributed by atoms with E-state index < -0.39 is 16.6 Å². The van der Waals surface area contributed by atoms with Gasteiger partial charge in [-0.25, -0.2) is 13.1 Å². The van der Waals surface area contributed by atoms with E-state index in [1.165, 1.54) is 18.2 Å². The van der Waals surface area contributed by atoms with Crippen LogP contribution in [-0.2, 0) is 16.6 Å². The number of nitrogens with zero attached hydrogens (tertiary/aromatic N) is 1. The molecule has 0 aliphatic rings. The van der Waals surface area contributed by atoms with E-state index in [0.29, 0.717) is 36.1 Å². The molecule has 0 aliphatic carbocycles. The molecule has 0 saturated carbocycles. The van der Waals surface area contributed by atoms with Crippen molar-refractivity contribution in [2.75, 3.05) is 25.9 Å². The maximum Gasteiger partial charge on any atom is 0.387 e. The van der Waals surface area contributed by atoms with Crippen LogP contribution in [0.2, 0.25) is 5.02 Å². The molecule has 0 saturated heterocycles. The number of alkyl halides is 2. The number of sulfonamides is 1. The van der Waals surface area contributed by atoms with Crippen LogP contribution in [0.3, 0.4) is 0 Å². The second-order valence-corrected chi connectivity index (χ2v) is 7.67. The Balaban J connectivity index is 2.48. The molecule has 1 aromatic rings. The van der Waals surface area contributed by atoms with Gasteiger partial charge in [0.25, 0.3) is 0 Å². The van der Waals surface area contributed by atoms with E-state index in [1.54, 1.807) is 14.0 Å². The fraction of sp³-hybridized carbons (Fsp3) is 0.533. The third-order valence-electron chi connectivity index (χ3n) is 3.26. The largest absolute Gasteiger partial charge is 0.434 e. The molecule has 0 heterocycles. The summed E-state index contributed by atoms with van der Waals surface area (Å²) in [5.41, 5.74) is 0.455. The highest BCUT2D eigenvalue weighted by atomic mass is 35.5. The van der Waals surface area contributed by atoms with E-state index in [2.05, 4.69) is 25.1 Å². The minimum Gasteiger partial charge on any atom is -0.434 e. The van der Waals surface area contributed by atoms with Crippen molar-refractivity contribution < 1.29 is 21.9 Å². The van der Waals surface area contributed by atoms with Crippen molar-refractivity contribution in [3.05, 3.63) is 28.8 Å². The molecule has 148 valence electrons. The smallest absolute Gasteiger partial charge is 0.387 e. The third kappa shape index (κ3) is 8.63. The van der Waals surface area contributed by atoms with Crippen LogP contribution in [0.25, 0.3) is 0 Å². The summed E-state index contributed by atoms with van der Waals surface area (Å²) in [4.78, 5) is 4.01. The summed E-state index contributed by atoms with van der Waals surface area (Å²) in [5.74, 6) is 0.499. The van der Waals surface area contributed by atoms with E-state index in [4.69, 9.17) is 11.6 Å². The normalized spacial score (nSPS) is 12.3. The first kappa shape index (κ1) is 22.4. The summed E-state index contributed by atoms with van der Waals surface area (Å²) in [6.45, 7) is -0.416. The second-order valence-electron chi connectivity index (χ2n) is 5.13. The van der Waals surface area contributed by atoms with Gasteiger partial charge in [0.1, 0.15) is 5.75 Å². The molecule has 0 bridgehead atoms. The predicted octanol–water partition coefficient (Wildman–Crippen LogP) is 1.94. The summed E-state index contributed by atoms with van der Waals surface area (Å²) in [6.07, 6.45) is 0.552. The van der Waals surface area contributed by atoms with Crippen molar-refractivity contribution in [2.24, 2.45) is 4.99 Å². The van der Waals surface area contributed by atoms with Crippen LogP contribution in [-0.4, -0.2) is 46.9 Å². The van der Waals surface area contributed by atoms with Crippen molar-refractivity contribution in [1.82, 2.24) is 15.4 Å². The second kappa shape index (κ2) is 11.1. The first-order valence-electron chi connectivity index (χ1n) is 7.92. The van der Waals surface area contributed by atoms with Gasteiger partial charge in [-0.15, -0.1) is 0 Å². The van der Waals surface area contributed by atoms with Gasteiger partial charge in [0.05, 0.1) is 5.75 Å². The number of halogens is 3. The molecule has 0 unspecified atom stereocenters. The highest BCUT2D eigenvalue weighted by molar-refractivity contribution is 7.89. The van der Waals surface area contributed by atoms with Crippen molar-refractivity contribution in [1.29, 1.82) is 0 Å². The van der Waals surface area contributed by atoms with Gasteiger partial charge in [0.15, 0.2) is 5.96 Å². The first-order valence-corrected chi connectivity index (χ1v) is 9.95. The maximum atomic E-state index is 12.5. The summed E-state index contributed by atoms with van der Waals surface area (Å²) >= 11 is 5.90. The van der Waals surface area contributed by atoms with Crippen molar-refractivity contribution in [2.45, 2.75) is 26.5 Å². The lowest BCUT2D eigenvalue weighted by molar-refractivity contribution is -0.0504. The minimum atomic E-state index is -3.20. The van der Waals surface area contributed by atoms with Crippen LogP contribution in [0, 0.1) is 0 Å². The molecule has 0 amide bonds. The number of aliphatic imine (C=N–C) groups is 1. The Morgan fingerprint density at radius 1 is 1.31 bits per heavy atom. The zero-order chi connectivity index (χ0) is 19.6. The molecule has 3 N–H and O–H groups in total. The number of guanidine groups is 1. The van der Waals surface area contributed by atoms with E-state index >= 15 is 0 Å². The molecule has 1 aromatic carbocycles. The van der Waals surface area contributed by atoms with Crippen LogP contribution >= 0.6 is 11.6 Å². The Kier molecular flexibility index (Phi) is 9.60. The molecule has 0 aliphatic heterocycles. The molecule has 0 fully saturated rings. The topological polar surface area (TPSA) is 91.8 Å². The quantitative estimate of drug-likeness (QED) is 0.310. The van der Waals surface area contributed by atoms with Crippen LogP contribution in [0.15, 0.2) is 23.2 Å². The van der Waals surface area contributed by atoms with Crippen LogP contribution < -0.4 is 20.1 Å². The van der Waals surface area contributed by atoms with E-state index in [9.17, 15) is 17.2 Å². The molecule has 0 spiro atoms. The van der Waals surface area contributed by atoms with Gasteiger partial charge in [-0.05, 0) is 31.5 Å². The summed E-state index contributed by atoms with van der Waals surface area (Å²) in [6, 6.07) is 4.37. The van der Waals surface area contributed by atoms with Gasteiger partial charge in [-0.3, -0.25) is 4.99 Å². The standard InChI is InChI=1S/C15H23ClF2N4O3S/c1-3-26(23,24)22-8-4-7-20-15(19-2)21-10-11-9-12(16)5-6-13(11)25-14(17)18/h5-6,9,14,22H,3-4,7-8,10H2,1-2H3,(H2,19,20,21). The summed E-state index contributed by atoms with van der Waals surface area (Å²) < 4.78 is 54.4. The van der Waals surface area contributed by atoms with E-state index in [1.807, 2.05) is 0 Å². The maximum absolute atomic E-state index is 12.5. The lowest BCUT2D eigenvalue weighted by Gasteiger charge is -2.15. The molecular formula is C15H23ClF2N4O3S. The van der Waals surface area contributed by atoms with Gasteiger partial charge >= 0.3 is 6.61 Å². The van der Waals surface area contributed by atoms with Crippen LogP contribution in [0.5, 0.6) is 5.75 Å². The van der Waals surface area contributed by atoms with Gasteiger partial charge in [-0.2, -0.15) is 8.78 Å². The number of hydrogen-bond donors (Lipinski definition) is 3. The number of rotatable bonds is 10. The molecule has 0 aromatic heterocycles. The van der Waals surface area contributed by atoms with Gasteiger partial charge in [-0.1, -0.05) is 11.6 Å². The summed E-state index contributed by atoms with van der Waals surface area (Å²) in [5, 5.41) is 6.36. The number of nitrogens with one attached hydrogen (secondary N) is 3. The molecular weight excluding hydrogens is 390 g/mol. The van der Waals surface area contributed by atoms with Crippen molar-refractivity contribution in [3.63, 3.8) is 0 Å². The zero-order valence-corrected chi connectivity index (χ0v) is 16.1. The number of hydrogen-bond acceptors (Lipinski definition) is 4. The van der Waals surface area contributed by atoms with Crippen molar-refractivity contribution in [3.8, 4) is 5.75 Å². The van der Waals surface area contributed by atoms with Gasteiger partial charge in [0.2, 0.25) is 10.0 Å². The van der Waals surface area contributed by atoms with Gasteiger partial charge < -0.3 is 15.4 Å². The number of ether oxygens (including phenoxy) is 1. The lowest BCUT2D eigenvalue weighted by atomic mass is 10.2. The minimum absolute atomic E-state index is 0.0290. The Hall–Kier alpha value is -1.65. The van der Waals surface area contributed by atoms with Crippen LogP contribution in [0.1, 0.15) is 18.9 Å². The SMILES string of the molecule is CCS(=O)(=O)NCCCNC(=NC)NCc1cc(Cl)ccc1OC(F)F. The van der Waals surface area contributed by atoms with Crippen LogP contribution in [0.4, 0.5) is 8.78 Å². The molecule has 0 atom stereocenters. The Morgan fingerprint density at radius 3 is 2.65 bits per heavy atom. The average molecular weight is 413 g/mol. The Labute approximate surface area is 157 Å². The zero-order valence-electron chi connectivity index (χ0n) is 14.6. The summed E-state index contributed by atoms with van der Waals surface area (Å²) in [7, 11) is -1.64. The average Bonchev–Trinajstić information content (AvgIpc) is 2.59. The van der Waals surface area contributed by atoms with E-state index in [0.717, 1.165) is 0 Å². The molecule has 7 nitrogen and oxygen atoms in total. The fourth-order valence-electron chi connectivity index (χ4n) is 1.92. The first-order chi connectivity index (χ1) is 12.3. The predicted molar refractivity (Wildman–Crippen MR) is 98.4 cm³/mol. The molecule has 11 heteroatoms. The Bertz CT molecular complexity index is 702.